The van der Waals surface area contributed by atoms with Crippen LogP contribution in [0.5, 0.6) is 0 Å². The first-order chi connectivity index (χ1) is 13.5. The van der Waals surface area contributed by atoms with Gasteiger partial charge in [0.2, 0.25) is 0 Å². The summed E-state index contributed by atoms with van der Waals surface area (Å²) in [6.45, 7) is 0.291. The molecule has 1 aliphatic rings. The lowest BCUT2D eigenvalue weighted by atomic mass is 9.95. The molecule has 4 rings (SSSR count). The number of nitrogens with one attached hydrogen (secondary N) is 1. The zero-order chi connectivity index (χ0) is 19.8. The lowest BCUT2D eigenvalue weighted by Gasteiger charge is -2.25. The molecule has 0 radical (unpaired) electrons. The van der Waals surface area contributed by atoms with E-state index in [9.17, 15) is 19.7 Å². The Morgan fingerprint density at radius 2 is 1.89 bits per heavy atom. The molecule has 0 saturated carbocycles. The van der Waals surface area contributed by atoms with E-state index < -0.39 is 10.9 Å². The largest absolute Gasteiger partial charge is 0.465 e. The summed E-state index contributed by atoms with van der Waals surface area (Å²) in [6.07, 6.45) is 0. The third-order valence-corrected chi connectivity index (χ3v) is 4.68. The van der Waals surface area contributed by atoms with E-state index in [4.69, 9.17) is 4.74 Å². The van der Waals surface area contributed by atoms with Crippen molar-refractivity contribution in [1.82, 2.24) is 4.68 Å². The van der Waals surface area contributed by atoms with Crippen molar-refractivity contribution < 1.29 is 14.5 Å². The standard InChI is InChI=1S/C20H15N3O5/c1-28-20(25)17-10-16(12-5-3-2-4-6-12)19(24)22-18(17)15-9-14(23(26)27)8-7-13(15)11-21-22/h2-10,21H,11H2,1H3. The number of carbonyl (C=O) groups is 1. The third kappa shape index (κ3) is 2.71. The van der Waals surface area contributed by atoms with Crippen LogP contribution >= 0.6 is 0 Å². The number of pyridine rings is 1. The SMILES string of the molecule is COC(=O)c1cc(-c2ccccc2)c(=O)n2c1-c1cc([N+](=O)[O-])ccc1CN2. The van der Waals surface area contributed by atoms with Gasteiger partial charge in [0.15, 0.2) is 0 Å². The second-order valence-corrected chi connectivity index (χ2v) is 6.25. The number of fused-ring (bicyclic) bond motifs is 3. The molecule has 0 atom stereocenters. The van der Waals surface area contributed by atoms with E-state index in [1.165, 1.54) is 30.0 Å². The molecule has 0 aliphatic carbocycles. The highest BCUT2D eigenvalue weighted by atomic mass is 16.6. The minimum atomic E-state index is -0.637. The number of non-ortho nitro benzene ring substituents is 1. The van der Waals surface area contributed by atoms with Gasteiger partial charge in [-0.2, -0.15) is 0 Å². The molecule has 140 valence electrons. The Labute approximate surface area is 159 Å². The van der Waals surface area contributed by atoms with Crippen LogP contribution in [0.15, 0.2) is 59.4 Å². The highest BCUT2D eigenvalue weighted by molar-refractivity contribution is 5.98. The Morgan fingerprint density at radius 3 is 2.57 bits per heavy atom. The fraction of sp³-hybridized carbons (Fsp3) is 0.100. The molecule has 3 aromatic rings. The number of benzene rings is 2. The summed E-state index contributed by atoms with van der Waals surface area (Å²) < 4.78 is 6.17. The van der Waals surface area contributed by atoms with Crippen LogP contribution in [0.1, 0.15) is 15.9 Å². The van der Waals surface area contributed by atoms with Crippen LogP contribution in [0.4, 0.5) is 5.69 Å². The van der Waals surface area contributed by atoms with Crippen molar-refractivity contribution in [2.75, 3.05) is 12.5 Å². The number of nitro benzene ring substituents is 1. The Hall–Kier alpha value is -3.94. The van der Waals surface area contributed by atoms with E-state index in [2.05, 4.69) is 5.43 Å². The van der Waals surface area contributed by atoms with Crippen molar-refractivity contribution in [3.63, 3.8) is 0 Å². The molecule has 28 heavy (non-hydrogen) atoms. The van der Waals surface area contributed by atoms with Crippen molar-refractivity contribution >= 4 is 11.7 Å². The van der Waals surface area contributed by atoms with Crippen LogP contribution in [-0.2, 0) is 11.3 Å². The molecular formula is C20H15N3O5. The minimum absolute atomic E-state index is 0.123. The van der Waals surface area contributed by atoms with Gasteiger partial charge < -0.3 is 10.2 Å². The van der Waals surface area contributed by atoms with Crippen LogP contribution in [0.2, 0.25) is 0 Å². The second kappa shape index (κ2) is 6.66. The predicted molar refractivity (Wildman–Crippen MR) is 103 cm³/mol. The Bertz CT molecular complexity index is 1170. The molecule has 0 unspecified atom stereocenters. The van der Waals surface area contributed by atoms with E-state index in [0.717, 1.165) is 5.56 Å². The van der Waals surface area contributed by atoms with Gasteiger partial charge in [0.05, 0.1) is 29.8 Å². The minimum Gasteiger partial charge on any atom is -0.465 e. The van der Waals surface area contributed by atoms with Crippen LogP contribution in [0.3, 0.4) is 0 Å². The molecule has 0 saturated heterocycles. The number of methoxy groups -OCH3 is 1. The maximum atomic E-state index is 13.1. The normalized spacial score (nSPS) is 11.8. The number of aromatic nitrogens is 1. The maximum Gasteiger partial charge on any atom is 0.340 e. The number of hydrogen-bond donors (Lipinski definition) is 1. The zero-order valence-electron chi connectivity index (χ0n) is 14.8. The van der Waals surface area contributed by atoms with Gasteiger partial charge >= 0.3 is 5.97 Å². The molecule has 1 aliphatic heterocycles. The van der Waals surface area contributed by atoms with Gasteiger partial charge in [0, 0.05) is 23.3 Å². The summed E-state index contributed by atoms with van der Waals surface area (Å²) in [7, 11) is 1.25. The Kier molecular flexibility index (Phi) is 4.15. The number of esters is 1. The molecule has 0 fully saturated rings. The third-order valence-electron chi connectivity index (χ3n) is 4.68. The fourth-order valence-corrected chi connectivity index (χ4v) is 3.34. The highest BCUT2D eigenvalue weighted by Gasteiger charge is 2.28. The maximum absolute atomic E-state index is 13.1. The van der Waals surface area contributed by atoms with Gasteiger partial charge in [-0.25, -0.2) is 9.47 Å². The smallest absolute Gasteiger partial charge is 0.340 e. The summed E-state index contributed by atoms with van der Waals surface area (Å²) in [5.41, 5.74) is 5.08. The molecule has 1 N–H and O–H groups in total. The summed E-state index contributed by atoms with van der Waals surface area (Å²) >= 11 is 0. The first kappa shape index (κ1) is 17.5. The van der Waals surface area contributed by atoms with E-state index in [1.807, 2.05) is 6.07 Å². The molecule has 0 bridgehead atoms. The summed E-state index contributed by atoms with van der Waals surface area (Å²) in [5, 5.41) is 11.2. The molecule has 0 spiro atoms. The summed E-state index contributed by atoms with van der Waals surface area (Å²) in [6, 6.07) is 14.8. The zero-order valence-corrected chi connectivity index (χ0v) is 14.8. The van der Waals surface area contributed by atoms with Gasteiger partial charge in [-0.15, -0.1) is 0 Å². The van der Waals surface area contributed by atoms with E-state index in [-0.39, 0.29) is 22.5 Å². The van der Waals surface area contributed by atoms with Gasteiger partial charge in [-0.3, -0.25) is 14.9 Å². The van der Waals surface area contributed by atoms with E-state index >= 15 is 0 Å². The van der Waals surface area contributed by atoms with E-state index in [1.54, 1.807) is 30.3 Å². The Morgan fingerprint density at radius 1 is 1.14 bits per heavy atom. The fourth-order valence-electron chi connectivity index (χ4n) is 3.34. The van der Waals surface area contributed by atoms with Crippen molar-refractivity contribution in [1.29, 1.82) is 0 Å². The predicted octanol–water partition coefficient (Wildman–Crippen LogP) is 2.93. The molecule has 2 heterocycles. The number of ether oxygens (including phenoxy) is 1. The quantitative estimate of drug-likeness (QED) is 0.428. The van der Waals surface area contributed by atoms with Crippen LogP contribution < -0.4 is 11.0 Å². The molecule has 2 aromatic carbocycles. The highest BCUT2D eigenvalue weighted by Crippen LogP contribution is 2.34. The van der Waals surface area contributed by atoms with Gasteiger partial charge in [0.1, 0.15) is 0 Å². The number of nitrogens with zero attached hydrogens (tertiary/aromatic N) is 2. The molecule has 0 amide bonds. The van der Waals surface area contributed by atoms with Crippen LogP contribution in [0, 0.1) is 10.1 Å². The van der Waals surface area contributed by atoms with E-state index in [0.29, 0.717) is 23.2 Å². The van der Waals surface area contributed by atoms with Gasteiger partial charge in [-0.1, -0.05) is 30.3 Å². The van der Waals surface area contributed by atoms with Crippen molar-refractivity contribution in [3.05, 3.63) is 86.2 Å². The molecule has 8 heteroatoms. The van der Waals surface area contributed by atoms with Crippen LogP contribution in [0.25, 0.3) is 22.4 Å². The lowest BCUT2D eigenvalue weighted by molar-refractivity contribution is -0.384. The molecular weight excluding hydrogens is 362 g/mol. The molecule has 1 aromatic heterocycles. The summed E-state index contributed by atoms with van der Waals surface area (Å²) in [4.78, 5) is 36.3. The number of carbonyl (C=O) groups excluding carboxylic acids is 1. The van der Waals surface area contributed by atoms with Crippen molar-refractivity contribution in [3.8, 4) is 22.4 Å². The Balaban J connectivity index is 2.06. The average molecular weight is 377 g/mol. The van der Waals surface area contributed by atoms with Crippen LogP contribution in [-0.4, -0.2) is 22.7 Å². The topological polar surface area (TPSA) is 103 Å². The number of rotatable bonds is 3. The number of hydrogen-bond acceptors (Lipinski definition) is 6. The lowest BCUT2D eigenvalue weighted by Crippen LogP contribution is -2.35. The van der Waals surface area contributed by atoms with Gasteiger partial charge in [0.25, 0.3) is 11.2 Å². The first-order valence-corrected chi connectivity index (χ1v) is 8.46. The molecule has 8 nitrogen and oxygen atoms in total. The van der Waals surface area contributed by atoms with Crippen molar-refractivity contribution in [2.45, 2.75) is 6.54 Å². The summed E-state index contributed by atoms with van der Waals surface area (Å²) in [5.74, 6) is -0.637. The second-order valence-electron chi connectivity index (χ2n) is 6.25. The van der Waals surface area contributed by atoms with Gasteiger partial charge in [-0.05, 0) is 23.3 Å². The van der Waals surface area contributed by atoms with Crippen molar-refractivity contribution in [2.24, 2.45) is 0 Å². The average Bonchev–Trinajstić information content (AvgIpc) is 2.73. The first-order valence-electron chi connectivity index (χ1n) is 8.46. The number of nitro groups is 1. The monoisotopic (exact) mass is 377 g/mol.